The molecule has 1 fully saturated rings. The lowest BCUT2D eigenvalue weighted by Gasteiger charge is -2.35. The summed E-state index contributed by atoms with van der Waals surface area (Å²) in [6.07, 6.45) is 5.40. The summed E-state index contributed by atoms with van der Waals surface area (Å²) in [5.74, 6) is 0. The number of carbonyl (C=O) groups is 1. The molecule has 1 aromatic carbocycles. The fraction of sp³-hybridized carbons (Fsp3) is 0.600. The summed E-state index contributed by atoms with van der Waals surface area (Å²) in [7, 11) is 0. The fourth-order valence-electron chi connectivity index (χ4n) is 4.09. The third-order valence-corrected chi connectivity index (χ3v) is 5.52. The first-order valence-electron chi connectivity index (χ1n) is 11.2. The second-order valence-corrected chi connectivity index (χ2v) is 9.65. The van der Waals surface area contributed by atoms with E-state index in [1.165, 1.54) is 19.3 Å². The van der Waals surface area contributed by atoms with Gasteiger partial charge in [-0.2, -0.15) is 0 Å². The normalized spacial score (nSPS) is 18.7. The van der Waals surface area contributed by atoms with Gasteiger partial charge in [-0.25, -0.2) is 4.79 Å². The molecule has 2 heterocycles. The third-order valence-electron chi connectivity index (χ3n) is 5.52. The van der Waals surface area contributed by atoms with Gasteiger partial charge in [-0.05, 0) is 65.2 Å². The standard InChI is InChI=1S/C25H36N2O3/c1-7-8-9-10-13-18-16-20(19-14-11-12-15-21(19)26-18)22-17-29-25(5,6)27(22)23(28)30-24(2,3)4/h11-12,14-16,22H,7-10,13,17H2,1-6H3/t22-/m0/s1. The molecule has 1 amide bonds. The van der Waals surface area contributed by atoms with E-state index in [0.29, 0.717) is 6.61 Å². The van der Waals surface area contributed by atoms with Crippen molar-refractivity contribution >= 4 is 17.0 Å². The number of fused-ring (bicyclic) bond motifs is 1. The Labute approximate surface area is 180 Å². The Morgan fingerprint density at radius 3 is 2.67 bits per heavy atom. The fourth-order valence-corrected chi connectivity index (χ4v) is 4.09. The van der Waals surface area contributed by atoms with Crippen molar-refractivity contribution in [2.45, 2.75) is 91.0 Å². The molecular formula is C25H36N2O3. The number of benzene rings is 1. The van der Waals surface area contributed by atoms with Gasteiger partial charge in [-0.1, -0.05) is 44.4 Å². The zero-order chi connectivity index (χ0) is 21.9. The number of carbonyl (C=O) groups excluding carboxylic acids is 1. The van der Waals surface area contributed by atoms with Crippen molar-refractivity contribution in [2.75, 3.05) is 6.61 Å². The first kappa shape index (κ1) is 22.5. The molecule has 0 spiro atoms. The van der Waals surface area contributed by atoms with Crippen molar-refractivity contribution < 1.29 is 14.3 Å². The zero-order valence-corrected chi connectivity index (χ0v) is 19.3. The number of aromatic nitrogens is 1. The Morgan fingerprint density at radius 2 is 1.97 bits per heavy atom. The van der Waals surface area contributed by atoms with E-state index in [1.807, 2.05) is 52.8 Å². The summed E-state index contributed by atoms with van der Waals surface area (Å²) >= 11 is 0. The van der Waals surface area contributed by atoms with Gasteiger partial charge >= 0.3 is 6.09 Å². The molecule has 0 unspecified atom stereocenters. The summed E-state index contributed by atoms with van der Waals surface area (Å²) in [6, 6.07) is 10.1. The minimum Gasteiger partial charge on any atom is -0.444 e. The van der Waals surface area contributed by atoms with E-state index in [2.05, 4.69) is 19.1 Å². The summed E-state index contributed by atoms with van der Waals surface area (Å²) in [5, 5.41) is 1.06. The number of pyridine rings is 1. The smallest absolute Gasteiger partial charge is 0.413 e. The van der Waals surface area contributed by atoms with Crippen LogP contribution in [0.3, 0.4) is 0 Å². The van der Waals surface area contributed by atoms with Crippen LogP contribution in [-0.2, 0) is 15.9 Å². The molecule has 5 heteroatoms. The van der Waals surface area contributed by atoms with Gasteiger partial charge in [0.2, 0.25) is 0 Å². The van der Waals surface area contributed by atoms with Crippen molar-refractivity contribution in [1.29, 1.82) is 0 Å². The minimum absolute atomic E-state index is 0.211. The lowest BCUT2D eigenvalue weighted by atomic mass is 9.98. The molecule has 1 aliphatic rings. The highest BCUT2D eigenvalue weighted by Gasteiger charge is 2.46. The first-order chi connectivity index (χ1) is 14.1. The molecule has 30 heavy (non-hydrogen) atoms. The highest BCUT2D eigenvalue weighted by atomic mass is 16.6. The number of hydrogen-bond acceptors (Lipinski definition) is 4. The summed E-state index contributed by atoms with van der Waals surface area (Å²) in [5.41, 5.74) is 1.83. The topological polar surface area (TPSA) is 51.7 Å². The molecule has 0 radical (unpaired) electrons. The zero-order valence-electron chi connectivity index (χ0n) is 19.3. The van der Waals surface area contributed by atoms with Crippen molar-refractivity contribution in [3.05, 3.63) is 41.6 Å². The van der Waals surface area contributed by atoms with Crippen LogP contribution in [0.25, 0.3) is 10.9 Å². The van der Waals surface area contributed by atoms with Crippen LogP contribution in [0.4, 0.5) is 4.79 Å². The number of amides is 1. The predicted molar refractivity (Wildman–Crippen MR) is 120 cm³/mol. The van der Waals surface area contributed by atoms with Gasteiger partial charge in [-0.15, -0.1) is 0 Å². The molecular weight excluding hydrogens is 376 g/mol. The Morgan fingerprint density at radius 1 is 1.23 bits per heavy atom. The number of nitrogens with zero attached hydrogens (tertiary/aromatic N) is 2. The van der Waals surface area contributed by atoms with Crippen LogP contribution in [0.1, 0.15) is 84.5 Å². The van der Waals surface area contributed by atoms with Crippen molar-refractivity contribution in [3.63, 3.8) is 0 Å². The summed E-state index contributed by atoms with van der Waals surface area (Å²) in [6.45, 7) is 12.2. The number of unbranched alkanes of at least 4 members (excludes halogenated alkanes) is 3. The Bertz CT molecular complexity index is 886. The van der Waals surface area contributed by atoms with E-state index < -0.39 is 11.3 Å². The third kappa shape index (κ3) is 5.12. The monoisotopic (exact) mass is 412 g/mol. The van der Waals surface area contributed by atoms with Crippen LogP contribution in [0.15, 0.2) is 30.3 Å². The van der Waals surface area contributed by atoms with Gasteiger partial charge in [0.1, 0.15) is 11.3 Å². The van der Waals surface area contributed by atoms with Gasteiger partial charge < -0.3 is 9.47 Å². The molecule has 3 rings (SSSR count). The highest BCUT2D eigenvalue weighted by Crippen LogP contribution is 2.40. The Hall–Kier alpha value is -2.14. The van der Waals surface area contributed by atoms with Crippen molar-refractivity contribution in [2.24, 2.45) is 0 Å². The van der Waals surface area contributed by atoms with Gasteiger partial charge in [0.15, 0.2) is 0 Å². The number of aryl methyl sites for hydroxylation is 1. The van der Waals surface area contributed by atoms with Crippen LogP contribution in [0.5, 0.6) is 0 Å². The van der Waals surface area contributed by atoms with E-state index in [9.17, 15) is 4.79 Å². The van der Waals surface area contributed by atoms with Crippen LogP contribution in [0, 0.1) is 0 Å². The van der Waals surface area contributed by atoms with E-state index in [1.54, 1.807) is 4.90 Å². The first-order valence-corrected chi connectivity index (χ1v) is 11.2. The minimum atomic E-state index is -0.737. The highest BCUT2D eigenvalue weighted by molar-refractivity contribution is 5.84. The lowest BCUT2D eigenvalue weighted by Crippen LogP contribution is -2.47. The van der Waals surface area contributed by atoms with Crippen LogP contribution in [-0.4, -0.2) is 33.9 Å². The molecule has 0 aliphatic carbocycles. The maximum Gasteiger partial charge on any atom is 0.413 e. The Kier molecular flexibility index (Phi) is 6.71. The molecule has 0 N–H and O–H groups in total. The summed E-state index contributed by atoms with van der Waals surface area (Å²) < 4.78 is 11.8. The maximum absolute atomic E-state index is 13.1. The molecule has 0 bridgehead atoms. The molecule has 1 saturated heterocycles. The van der Waals surface area contributed by atoms with E-state index in [4.69, 9.17) is 14.5 Å². The van der Waals surface area contributed by atoms with Crippen molar-refractivity contribution in [3.8, 4) is 0 Å². The van der Waals surface area contributed by atoms with E-state index >= 15 is 0 Å². The number of para-hydroxylation sites is 1. The lowest BCUT2D eigenvalue weighted by molar-refractivity contribution is -0.0625. The number of rotatable bonds is 6. The van der Waals surface area contributed by atoms with Crippen LogP contribution >= 0.6 is 0 Å². The maximum atomic E-state index is 13.1. The second-order valence-electron chi connectivity index (χ2n) is 9.65. The molecule has 1 aromatic heterocycles. The van der Waals surface area contributed by atoms with Gasteiger partial charge in [0, 0.05) is 11.1 Å². The second kappa shape index (κ2) is 8.93. The molecule has 5 nitrogen and oxygen atoms in total. The van der Waals surface area contributed by atoms with Gasteiger partial charge in [0.25, 0.3) is 0 Å². The van der Waals surface area contributed by atoms with Crippen molar-refractivity contribution in [1.82, 2.24) is 9.88 Å². The van der Waals surface area contributed by atoms with Crippen LogP contribution in [0.2, 0.25) is 0 Å². The molecule has 0 saturated carbocycles. The SMILES string of the molecule is CCCCCCc1cc([C@@H]2COC(C)(C)N2C(=O)OC(C)(C)C)c2ccccc2n1. The molecule has 1 aliphatic heterocycles. The quantitative estimate of drug-likeness (QED) is 0.515. The van der Waals surface area contributed by atoms with Crippen LogP contribution < -0.4 is 0 Å². The largest absolute Gasteiger partial charge is 0.444 e. The summed E-state index contributed by atoms with van der Waals surface area (Å²) in [4.78, 5) is 19.8. The Balaban J connectivity index is 1.99. The molecule has 2 aromatic rings. The van der Waals surface area contributed by atoms with E-state index in [0.717, 1.165) is 35.0 Å². The number of hydrogen-bond donors (Lipinski definition) is 0. The van der Waals surface area contributed by atoms with Gasteiger partial charge in [-0.3, -0.25) is 9.88 Å². The average molecular weight is 413 g/mol. The molecule has 1 atom stereocenters. The van der Waals surface area contributed by atoms with E-state index in [-0.39, 0.29) is 12.1 Å². The predicted octanol–water partition coefficient (Wildman–Crippen LogP) is 6.40. The molecule has 164 valence electrons. The van der Waals surface area contributed by atoms with Gasteiger partial charge in [0.05, 0.1) is 18.2 Å². The average Bonchev–Trinajstić information content (AvgIpc) is 2.98. The number of ether oxygens (including phenoxy) is 2.